The number of halogens is 2. The fraction of sp³-hybridized carbons (Fsp3) is 0.308. The van der Waals surface area contributed by atoms with Crippen molar-refractivity contribution in [3.05, 3.63) is 44.9 Å². The molecule has 4 heteroatoms. The third kappa shape index (κ3) is 3.42. The Balaban J connectivity index is 1.78. The lowest BCUT2D eigenvalue weighted by molar-refractivity contribution is -0.151. The predicted octanol–water partition coefficient (Wildman–Crippen LogP) is 4.14. The van der Waals surface area contributed by atoms with Gasteiger partial charge in [-0.05, 0) is 55.8 Å². The number of carbonyl (C=O) groups is 1. The molecule has 0 aliphatic heterocycles. The van der Waals surface area contributed by atoms with Crippen molar-refractivity contribution in [3.8, 4) is 0 Å². The molecule has 1 fully saturated rings. The molecule has 17 heavy (non-hydrogen) atoms. The molecule has 90 valence electrons. The van der Waals surface area contributed by atoms with E-state index in [1.54, 1.807) is 0 Å². The molecule has 1 aliphatic carbocycles. The van der Waals surface area contributed by atoms with Crippen molar-refractivity contribution in [2.45, 2.75) is 19.4 Å². The number of hydrogen-bond donors (Lipinski definition) is 0. The second-order valence-electron chi connectivity index (χ2n) is 4.06. The second kappa shape index (κ2) is 5.83. The lowest BCUT2D eigenvalue weighted by Gasteiger charge is -2.27. The molecule has 0 aromatic heterocycles. The van der Waals surface area contributed by atoms with Crippen LogP contribution in [0.15, 0.2) is 39.3 Å². The van der Waals surface area contributed by atoms with Crippen LogP contribution in [0, 0.1) is 5.92 Å². The molecule has 1 aromatic rings. The minimum atomic E-state index is -0.0983. The molecule has 0 heterocycles. The van der Waals surface area contributed by atoms with Gasteiger partial charge in [0.05, 0.1) is 9.31 Å². The summed E-state index contributed by atoms with van der Waals surface area (Å²) in [6.07, 6.45) is 1.58. The molecule has 0 spiro atoms. The molecule has 0 radical (unpaired) electrons. The van der Waals surface area contributed by atoms with Gasteiger partial charge in [-0.2, -0.15) is 0 Å². The number of hydrogen-bond acceptors (Lipinski definition) is 2. The highest BCUT2D eigenvalue weighted by molar-refractivity contribution is 9.28. The number of esters is 1. The van der Waals surface area contributed by atoms with Crippen LogP contribution in [0.3, 0.4) is 0 Å². The van der Waals surface area contributed by atoms with Crippen LogP contribution >= 0.6 is 31.9 Å². The monoisotopic (exact) mass is 358 g/mol. The Morgan fingerprint density at radius 1 is 1.24 bits per heavy atom. The van der Waals surface area contributed by atoms with Crippen molar-refractivity contribution in [3.63, 3.8) is 0 Å². The molecule has 0 atom stereocenters. The molecule has 0 unspecified atom stereocenters. The SMILES string of the molecule is O=C(OCc1ccccc1)C1CC(=C(Br)Br)C1. The number of rotatable bonds is 3. The maximum Gasteiger partial charge on any atom is 0.309 e. The van der Waals surface area contributed by atoms with Gasteiger partial charge in [0.15, 0.2) is 0 Å². The van der Waals surface area contributed by atoms with E-state index < -0.39 is 0 Å². The highest BCUT2D eigenvalue weighted by Crippen LogP contribution is 2.39. The van der Waals surface area contributed by atoms with Crippen LogP contribution in [0.4, 0.5) is 0 Å². The van der Waals surface area contributed by atoms with Crippen molar-refractivity contribution < 1.29 is 9.53 Å². The molecular formula is C13H12Br2O2. The van der Waals surface area contributed by atoms with Crippen LogP contribution in [0.2, 0.25) is 0 Å². The Hall–Kier alpha value is -0.610. The fourth-order valence-electron chi connectivity index (χ4n) is 1.70. The standard InChI is InChI=1S/C13H12Br2O2/c14-12(15)10-6-11(7-10)13(16)17-8-9-4-2-1-3-5-9/h1-5,11H,6-8H2. The number of allylic oxidation sites excluding steroid dienone is 1. The van der Waals surface area contributed by atoms with Gasteiger partial charge in [-0.15, -0.1) is 0 Å². The lowest BCUT2D eigenvalue weighted by atomic mass is 9.81. The summed E-state index contributed by atoms with van der Waals surface area (Å²) in [7, 11) is 0. The van der Waals surface area contributed by atoms with Gasteiger partial charge in [-0.3, -0.25) is 4.79 Å². The van der Waals surface area contributed by atoms with Crippen molar-refractivity contribution in [1.29, 1.82) is 0 Å². The van der Waals surface area contributed by atoms with E-state index in [4.69, 9.17) is 4.74 Å². The van der Waals surface area contributed by atoms with Gasteiger partial charge in [0, 0.05) is 0 Å². The molecule has 0 bridgehead atoms. The zero-order valence-corrected chi connectivity index (χ0v) is 12.3. The molecule has 1 aromatic carbocycles. The minimum Gasteiger partial charge on any atom is -0.461 e. The van der Waals surface area contributed by atoms with E-state index in [1.807, 2.05) is 30.3 Å². The fourth-order valence-corrected chi connectivity index (χ4v) is 2.35. The van der Waals surface area contributed by atoms with Crippen LogP contribution in [0.5, 0.6) is 0 Å². The second-order valence-corrected chi connectivity index (χ2v) is 6.71. The zero-order chi connectivity index (χ0) is 12.3. The average molecular weight is 360 g/mol. The summed E-state index contributed by atoms with van der Waals surface area (Å²) in [5.41, 5.74) is 2.27. The summed E-state index contributed by atoms with van der Waals surface area (Å²) in [6, 6.07) is 9.73. The number of benzene rings is 1. The van der Waals surface area contributed by atoms with Gasteiger partial charge in [0.25, 0.3) is 0 Å². The Morgan fingerprint density at radius 2 is 1.88 bits per heavy atom. The maximum atomic E-state index is 11.7. The Labute approximate surface area is 117 Å². The molecule has 0 saturated heterocycles. The van der Waals surface area contributed by atoms with Crippen LogP contribution in [0.25, 0.3) is 0 Å². The Bertz CT molecular complexity index is 428. The predicted molar refractivity (Wildman–Crippen MR) is 73.8 cm³/mol. The zero-order valence-electron chi connectivity index (χ0n) is 9.16. The molecule has 1 saturated carbocycles. The minimum absolute atomic E-state index is 0.0267. The highest BCUT2D eigenvalue weighted by Gasteiger charge is 2.32. The van der Waals surface area contributed by atoms with Crippen molar-refractivity contribution in [1.82, 2.24) is 0 Å². The van der Waals surface area contributed by atoms with Crippen LogP contribution in [-0.2, 0) is 16.1 Å². The third-order valence-corrected chi connectivity index (χ3v) is 3.93. The molecule has 1 aliphatic rings. The van der Waals surface area contributed by atoms with Crippen molar-refractivity contribution in [2.24, 2.45) is 5.92 Å². The quantitative estimate of drug-likeness (QED) is 0.758. The first-order valence-corrected chi connectivity index (χ1v) is 6.99. The highest BCUT2D eigenvalue weighted by atomic mass is 79.9. The van der Waals surface area contributed by atoms with E-state index in [0.29, 0.717) is 6.61 Å². The van der Waals surface area contributed by atoms with E-state index >= 15 is 0 Å². The molecule has 2 rings (SSSR count). The van der Waals surface area contributed by atoms with E-state index in [2.05, 4.69) is 31.9 Å². The number of ether oxygens (including phenoxy) is 1. The maximum absolute atomic E-state index is 11.7. The van der Waals surface area contributed by atoms with E-state index in [1.165, 1.54) is 5.57 Å². The molecular weight excluding hydrogens is 348 g/mol. The summed E-state index contributed by atoms with van der Waals surface area (Å²) < 4.78 is 6.24. The van der Waals surface area contributed by atoms with Gasteiger partial charge in [-0.25, -0.2) is 0 Å². The topological polar surface area (TPSA) is 26.3 Å². The van der Waals surface area contributed by atoms with Crippen molar-refractivity contribution in [2.75, 3.05) is 0 Å². The molecule has 0 amide bonds. The van der Waals surface area contributed by atoms with Crippen molar-refractivity contribution >= 4 is 37.8 Å². The first kappa shape index (κ1) is 12.8. The number of carbonyl (C=O) groups excluding carboxylic acids is 1. The van der Waals surface area contributed by atoms with Gasteiger partial charge in [0.1, 0.15) is 6.61 Å². The van der Waals surface area contributed by atoms with E-state index in [9.17, 15) is 4.79 Å². The summed E-state index contributed by atoms with van der Waals surface area (Å²) >= 11 is 6.70. The summed E-state index contributed by atoms with van der Waals surface area (Å²) in [4.78, 5) is 11.7. The van der Waals surface area contributed by atoms with E-state index in [-0.39, 0.29) is 11.9 Å². The largest absolute Gasteiger partial charge is 0.461 e. The van der Waals surface area contributed by atoms with E-state index in [0.717, 1.165) is 21.8 Å². The van der Waals surface area contributed by atoms with Crippen LogP contribution in [-0.4, -0.2) is 5.97 Å². The van der Waals surface area contributed by atoms with Gasteiger partial charge in [-0.1, -0.05) is 30.3 Å². The average Bonchev–Trinajstić information content (AvgIpc) is 2.25. The Morgan fingerprint density at radius 3 is 2.47 bits per heavy atom. The summed E-state index contributed by atoms with van der Waals surface area (Å²) in [5, 5.41) is 0. The van der Waals surface area contributed by atoms with Gasteiger partial charge in [0.2, 0.25) is 0 Å². The Kier molecular flexibility index (Phi) is 4.40. The summed E-state index contributed by atoms with van der Waals surface area (Å²) in [5.74, 6) is -0.0716. The summed E-state index contributed by atoms with van der Waals surface area (Å²) in [6.45, 7) is 0.366. The van der Waals surface area contributed by atoms with Crippen LogP contribution < -0.4 is 0 Å². The van der Waals surface area contributed by atoms with Gasteiger partial charge < -0.3 is 4.74 Å². The third-order valence-electron chi connectivity index (χ3n) is 2.81. The normalized spacial score (nSPS) is 18.5. The van der Waals surface area contributed by atoms with Gasteiger partial charge >= 0.3 is 5.97 Å². The molecule has 0 N–H and O–H groups in total. The first-order valence-electron chi connectivity index (χ1n) is 5.40. The molecule has 2 nitrogen and oxygen atoms in total. The lowest BCUT2D eigenvalue weighted by Crippen LogP contribution is -2.26. The van der Waals surface area contributed by atoms with Crippen LogP contribution in [0.1, 0.15) is 18.4 Å². The smallest absolute Gasteiger partial charge is 0.309 e. The first-order chi connectivity index (χ1) is 8.16.